The number of nitrogens with zero attached hydrogens (tertiary/aromatic N) is 2. The molecule has 4 nitrogen and oxygen atoms in total. The Hall–Kier alpha value is -1.10. The van der Waals surface area contributed by atoms with Gasteiger partial charge in [-0.1, -0.05) is 38.8 Å². The molecule has 0 radical (unpaired) electrons. The molecule has 24 heavy (non-hydrogen) atoms. The fourth-order valence-corrected chi connectivity index (χ4v) is 3.90. The Kier molecular flexibility index (Phi) is 7.08. The predicted octanol–water partition coefficient (Wildman–Crippen LogP) is 3.14. The van der Waals surface area contributed by atoms with Crippen molar-refractivity contribution in [3.63, 3.8) is 0 Å². The lowest BCUT2D eigenvalue weighted by Gasteiger charge is -2.31. The molecule has 1 aromatic rings. The highest BCUT2D eigenvalue weighted by molar-refractivity contribution is 6.30. The van der Waals surface area contributed by atoms with Crippen LogP contribution < -0.4 is 0 Å². The van der Waals surface area contributed by atoms with E-state index in [4.69, 9.17) is 11.6 Å². The normalized spacial score (nSPS) is 23.9. The number of likely N-dealkylation sites (tertiary alicyclic amines) is 1. The first-order chi connectivity index (χ1) is 11.5. The van der Waals surface area contributed by atoms with Crippen molar-refractivity contribution in [2.45, 2.75) is 33.2 Å². The summed E-state index contributed by atoms with van der Waals surface area (Å²) in [5.41, 5.74) is 0.635. The number of amides is 1. The number of hydrogen-bond acceptors (Lipinski definition) is 3. The van der Waals surface area contributed by atoms with Gasteiger partial charge in [0.05, 0.1) is 12.6 Å². The Bertz CT molecular complexity index is 531. The first-order valence-corrected chi connectivity index (χ1v) is 9.33. The Balaban J connectivity index is 2.20. The summed E-state index contributed by atoms with van der Waals surface area (Å²) in [6.45, 7) is 10.1. The molecule has 0 unspecified atom stereocenters. The highest BCUT2D eigenvalue weighted by atomic mass is 35.5. The maximum absolute atomic E-state index is 12.9. The van der Waals surface area contributed by atoms with Gasteiger partial charge in [0.15, 0.2) is 0 Å². The number of halogens is 1. The summed E-state index contributed by atoms with van der Waals surface area (Å²) in [5, 5.41) is 10.6. The van der Waals surface area contributed by atoms with E-state index in [1.54, 1.807) is 24.3 Å². The number of aliphatic hydroxyl groups is 1. The lowest BCUT2D eigenvalue weighted by atomic mass is 9.88. The molecule has 0 aromatic heterocycles. The van der Waals surface area contributed by atoms with E-state index in [2.05, 4.69) is 25.7 Å². The fraction of sp³-hybridized carbons (Fsp3) is 0.632. The predicted molar refractivity (Wildman–Crippen MR) is 98.4 cm³/mol. The van der Waals surface area contributed by atoms with Crippen LogP contribution in [0.25, 0.3) is 0 Å². The maximum atomic E-state index is 12.9. The van der Waals surface area contributed by atoms with Crippen molar-refractivity contribution >= 4 is 17.5 Å². The molecule has 1 saturated heterocycles. The highest BCUT2D eigenvalue weighted by Crippen LogP contribution is 2.34. The van der Waals surface area contributed by atoms with Crippen LogP contribution >= 0.6 is 11.6 Å². The van der Waals surface area contributed by atoms with E-state index in [-0.39, 0.29) is 18.6 Å². The SMILES string of the molecule is CC[C@@H]1CN(C(=O)c2ccc(Cl)cc2)[C@H](CO)[C@@H]1CN(CC)CC. The molecule has 1 aliphatic heterocycles. The monoisotopic (exact) mass is 352 g/mol. The molecule has 2 rings (SSSR count). The second-order valence-corrected chi connectivity index (χ2v) is 6.97. The highest BCUT2D eigenvalue weighted by Gasteiger charge is 2.43. The molecule has 1 amide bonds. The average Bonchev–Trinajstić information content (AvgIpc) is 2.96. The zero-order valence-corrected chi connectivity index (χ0v) is 15.7. The van der Waals surface area contributed by atoms with Crippen molar-refractivity contribution < 1.29 is 9.90 Å². The molecule has 1 fully saturated rings. The van der Waals surface area contributed by atoms with Gasteiger partial charge in [-0.3, -0.25) is 4.79 Å². The molecule has 1 aromatic carbocycles. The molecule has 3 atom stereocenters. The van der Waals surface area contributed by atoms with Crippen LogP contribution in [-0.4, -0.2) is 59.6 Å². The molecule has 0 saturated carbocycles. The number of benzene rings is 1. The van der Waals surface area contributed by atoms with Crippen molar-refractivity contribution in [2.24, 2.45) is 11.8 Å². The zero-order chi connectivity index (χ0) is 17.7. The van der Waals surface area contributed by atoms with Crippen LogP contribution in [0, 0.1) is 11.8 Å². The zero-order valence-electron chi connectivity index (χ0n) is 14.9. The summed E-state index contributed by atoms with van der Waals surface area (Å²) in [5.74, 6) is 0.737. The van der Waals surface area contributed by atoms with Crippen LogP contribution in [0.5, 0.6) is 0 Å². The maximum Gasteiger partial charge on any atom is 0.254 e. The van der Waals surface area contributed by atoms with E-state index in [0.29, 0.717) is 22.4 Å². The van der Waals surface area contributed by atoms with E-state index in [0.717, 1.165) is 32.6 Å². The minimum Gasteiger partial charge on any atom is -0.394 e. The standard InChI is InChI=1S/C19H29ClN2O2/c1-4-14-11-22(19(24)15-7-9-16(20)10-8-15)18(13-23)17(14)12-21(5-2)6-3/h7-10,14,17-18,23H,4-6,11-13H2,1-3H3/t14-,17-,18-/m1/s1. The summed E-state index contributed by atoms with van der Waals surface area (Å²) in [4.78, 5) is 17.2. The van der Waals surface area contributed by atoms with Gasteiger partial charge in [0.25, 0.3) is 5.91 Å². The van der Waals surface area contributed by atoms with Crippen LogP contribution in [0.15, 0.2) is 24.3 Å². The second-order valence-electron chi connectivity index (χ2n) is 6.53. The van der Waals surface area contributed by atoms with E-state index in [1.165, 1.54) is 0 Å². The summed E-state index contributed by atoms with van der Waals surface area (Å²) < 4.78 is 0. The minimum atomic E-state index is -0.112. The molecular weight excluding hydrogens is 324 g/mol. The minimum absolute atomic E-state index is 0.00814. The van der Waals surface area contributed by atoms with Crippen LogP contribution in [-0.2, 0) is 0 Å². The van der Waals surface area contributed by atoms with Gasteiger partial charge in [-0.2, -0.15) is 0 Å². The average molecular weight is 353 g/mol. The van der Waals surface area contributed by atoms with E-state index in [9.17, 15) is 9.90 Å². The Morgan fingerprint density at radius 3 is 2.38 bits per heavy atom. The van der Waals surface area contributed by atoms with Crippen LogP contribution in [0.4, 0.5) is 0 Å². The Morgan fingerprint density at radius 1 is 1.25 bits per heavy atom. The van der Waals surface area contributed by atoms with Crippen LogP contribution in [0.1, 0.15) is 37.6 Å². The molecule has 0 bridgehead atoms. The Labute approximate surface area is 150 Å². The molecule has 5 heteroatoms. The molecule has 0 spiro atoms. The first kappa shape index (κ1) is 19.2. The molecule has 1 N–H and O–H groups in total. The third kappa shape index (κ3) is 4.11. The molecule has 0 aliphatic carbocycles. The van der Waals surface area contributed by atoms with Crippen molar-refractivity contribution in [3.05, 3.63) is 34.9 Å². The first-order valence-electron chi connectivity index (χ1n) is 8.95. The summed E-state index contributed by atoms with van der Waals surface area (Å²) in [6, 6.07) is 6.89. The topological polar surface area (TPSA) is 43.8 Å². The van der Waals surface area contributed by atoms with E-state index < -0.39 is 0 Å². The summed E-state index contributed by atoms with van der Waals surface area (Å²) in [7, 11) is 0. The molecule has 1 aliphatic rings. The number of carbonyl (C=O) groups excluding carboxylic acids is 1. The van der Waals surface area contributed by atoms with E-state index >= 15 is 0 Å². The van der Waals surface area contributed by atoms with Crippen molar-refractivity contribution in [1.29, 1.82) is 0 Å². The van der Waals surface area contributed by atoms with Gasteiger partial charge in [-0.05, 0) is 49.2 Å². The van der Waals surface area contributed by atoms with Crippen molar-refractivity contribution in [2.75, 3.05) is 32.8 Å². The largest absolute Gasteiger partial charge is 0.394 e. The van der Waals surface area contributed by atoms with Gasteiger partial charge in [-0.25, -0.2) is 0 Å². The van der Waals surface area contributed by atoms with Gasteiger partial charge in [-0.15, -0.1) is 0 Å². The van der Waals surface area contributed by atoms with Gasteiger partial charge < -0.3 is 14.9 Å². The van der Waals surface area contributed by atoms with Gasteiger partial charge in [0, 0.05) is 23.7 Å². The third-order valence-electron chi connectivity index (χ3n) is 5.36. The van der Waals surface area contributed by atoms with Crippen molar-refractivity contribution in [3.8, 4) is 0 Å². The number of aliphatic hydroxyl groups excluding tert-OH is 1. The van der Waals surface area contributed by atoms with Gasteiger partial charge >= 0.3 is 0 Å². The Morgan fingerprint density at radius 2 is 1.88 bits per heavy atom. The molecule has 134 valence electrons. The molecular formula is C19H29ClN2O2. The van der Waals surface area contributed by atoms with E-state index in [1.807, 2.05) is 4.90 Å². The second kappa shape index (κ2) is 8.84. The number of carbonyl (C=O) groups is 1. The number of rotatable bonds is 7. The third-order valence-corrected chi connectivity index (χ3v) is 5.61. The summed E-state index contributed by atoms with van der Waals surface area (Å²) in [6.07, 6.45) is 1.02. The smallest absolute Gasteiger partial charge is 0.254 e. The lowest BCUT2D eigenvalue weighted by Crippen LogP contribution is -2.43. The molecule has 1 heterocycles. The quantitative estimate of drug-likeness (QED) is 0.819. The lowest BCUT2D eigenvalue weighted by molar-refractivity contribution is 0.0619. The number of hydrogen-bond donors (Lipinski definition) is 1. The van der Waals surface area contributed by atoms with Crippen molar-refractivity contribution in [1.82, 2.24) is 9.80 Å². The van der Waals surface area contributed by atoms with Crippen LogP contribution in [0.2, 0.25) is 5.02 Å². The van der Waals surface area contributed by atoms with Gasteiger partial charge in [0.2, 0.25) is 0 Å². The summed E-state index contributed by atoms with van der Waals surface area (Å²) >= 11 is 5.92. The van der Waals surface area contributed by atoms with Gasteiger partial charge in [0.1, 0.15) is 0 Å². The fourth-order valence-electron chi connectivity index (χ4n) is 3.78. The van der Waals surface area contributed by atoms with Crippen LogP contribution in [0.3, 0.4) is 0 Å².